The van der Waals surface area contributed by atoms with Gasteiger partial charge in [0.05, 0.1) is 0 Å². The minimum Gasteiger partial charge on any atom is -0.481 e. The zero-order valence-electron chi connectivity index (χ0n) is 20.6. The van der Waals surface area contributed by atoms with Gasteiger partial charge in [0.25, 0.3) is 0 Å². The molecule has 1 atom stereocenters. The summed E-state index contributed by atoms with van der Waals surface area (Å²) in [5, 5.41) is 9.19. The number of hydrogen-bond donors (Lipinski definition) is 1. The maximum Gasteiger partial charge on any atom is 0.303 e. The zero-order valence-corrected chi connectivity index (χ0v) is 21.4. The van der Waals surface area contributed by atoms with Crippen molar-refractivity contribution in [2.75, 3.05) is 5.75 Å². The fraction of sp³-hybridized carbons (Fsp3) is 0.963. The van der Waals surface area contributed by atoms with Gasteiger partial charge in [-0.25, -0.2) is 0 Å². The molecular weight excluding hydrogens is 388 g/mol. The molecule has 0 saturated carbocycles. The second kappa shape index (κ2) is 25.1. The van der Waals surface area contributed by atoms with Crippen molar-refractivity contribution in [3.8, 4) is 0 Å². The van der Waals surface area contributed by atoms with Gasteiger partial charge >= 0.3 is 5.97 Å². The third kappa shape index (κ3) is 25.9. The van der Waals surface area contributed by atoms with Crippen molar-refractivity contribution in [1.82, 2.24) is 0 Å². The van der Waals surface area contributed by atoms with E-state index in [1.54, 1.807) is 0 Å². The van der Waals surface area contributed by atoms with Crippen molar-refractivity contribution in [3.05, 3.63) is 0 Å². The van der Waals surface area contributed by atoms with E-state index in [9.17, 15) is 4.79 Å². The van der Waals surface area contributed by atoms with Crippen LogP contribution in [0.25, 0.3) is 0 Å². The molecular formula is C27H54O2S. The van der Waals surface area contributed by atoms with E-state index < -0.39 is 5.97 Å². The van der Waals surface area contributed by atoms with Gasteiger partial charge in [0.2, 0.25) is 0 Å². The quantitative estimate of drug-likeness (QED) is 0.143. The van der Waals surface area contributed by atoms with E-state index in [0.29, 0.717) is 11.7 Å². The number of carbonyl (C=O) groups is 1. The first-order chi connectivity index (χ1) is 14.7. The predicted octanol–water partition coefficient (Wildman–Crippen LogP) is 9.79. The molecule has 0 aliphatic rings. The number of carboxylic acids is 1. The van der Waals surface area contributed by atoms with Gasteiger partial charge in [0, 0.05) is 11.7 Å². The van der Waals surface area contributed by atoms with Gasteiger partial charge in [-0.05, 0) is 18.6 Å². The fourth-order valence-electron chi connectivity index (χ4n) is 4.05. The van der Waals surface area contributed by atoms with Gasteiger partial charge in [-0.15, -0.1) is 0 Å². The van der Waals surface area contributed by atoms with E-state index in [2.05, 4.69) is 13.8 Å². The maximum atomic E-state index is 10.6. The van der Waals surface area contributed by atoms with Crippen LogP contribution < -0.4 is 0 Å². The monoisotopic (exact) mass is 442 g/mol. The standard InChI is InChI=1S/C27H54O2S/c1-3-4-5-6-7-8-9-10-11-12-13-14-15-16-17-18-19-20-21-22-25-30-26(2)23-24-27(28)29/h26H,3-25H2,1-2H3,(H,28,29). The van der Waals surface area contributed by atoms with Crippen LogP contribution in [0.1, 0.15) is 155 Å². The normalized spacial score (nSPS) is 12.3. The molecule has 3 heteroatoms. The summed E-state index contributed by atoms with van der Waals surface area (Å²) in [4.78, 5) is 10.6. The van der Waals surface area contributed by atoms with Crippen LogP contribution >= 0.6 is 11.8 Å². The summed E-state index contributed by atoms with van der Waals surface area (Å²) in [6.07, 6.45) is 29.7. The largest absolute Gasteiger partial charge is 0.481 e. The smallest absolute Gasteiger partial charge is 0.303 e. The van der Waals surface area contributed by atoms with Crippen LogP contribution in [0, 0.1) is 0 Å². The zero-order chi connectivity index (χ0) is 22.1. The Morgan fingerprint density at radius 1 is 0.633 bits per heavy atom. The Morgan fingerprint density at radius 3 is 1.30 bits per heavy atom. The summed E-state index contributed by atoms with van der Waals surface area (Å²) in [6, 6.07) is 0. The topological polar surface area (TPSA) is 37.3 Å². The van der Waals surface area contributed by atoms with E-state index in [-0.39, 0.29) is 0 Å². The number of rotatable bonds is 25. The lowest BCUT2D eigenvalue weighted by Gasteiger charge is -2.09. The van der Waals surface area contributed by atoms with Crippen molar-refractivity contribution in [3.63, 3.8) is 0 Å². The molecule has 2 nitrogen and oxygen atoms in total. The van der Waals surface area contributed by atoms with Crippen LogP contribution in [0.4, 0.5) is 0 Å². The molecule has 0 heterocycles. The molecule has 0 aromatic heterocycles. The minimum atomic E-state index is -0.666. The number of aliphatic carboxylic acids is 1. The third-order valence-electron chi connectivity index (χ3n) is 6.16. The molecule has 0 aliphatic carbocycles. The fourth-order valence-corrected chi connectivity index (χ4v) is 5.11. The second-order valence-corrected chi connectivity index (χ2v) is 10.9. The van der Waals surface area contributed by atoms with E-state index in [1.165, 1.54) is 134 Å². The van der Waals surface area contributed by atoms with Crippen molar-refractivity contribution in [2.45, 2.75) is 160 Å². The van der Waals surface area contributed by atoms with Gasteiger partial charge in [-0.2, -0.15) is 11.8 Å². The van der Waals surface area contributed by atoms with E-state index in [4.69, 9.17) is 5.11 Å². The summed E-state index contributed by atoms with van der Waals surface area (Å²) in [6.45, 7) is 4.45. The first kappa shape index (κ1) is 29.8. The molecule has 0 bridgehead atoms. The molecule has 0 aromatic rings. The van der Waals surface area contributed by atoms with Gasteiger partial charge in [-0.3, -0.25) is 4.79 Å². The molecule has 0 radical (unpaired) electrons. The SMILES string of the molecule is CCCCCCCCCCCCCCCCCCCCCCSC(C)CCC(=O)O. The summed E-state index contributed by atoms with van der Waals surface area (Å²) < 4.78 is 0. The highest BCUT2D eigenvalue weighted by Crippen LogP contribution is 2.19. The molecule has 0 amide bonds. The number of unbranched alkanes of at least 4 members (excludes halogenated alkanes) is 19. The lowest BCUT2D eigenvalue weighted by Crippen LogP contribution is -2.03. The molecule has 30 heavy (non-hydrogen) atoms. The second-order valence-electron chi connectivity index (χ2n) is 9.33. The molecule has 0 spiro atoms. The first-order valence-corrected chi connectivity index (χ1v) is 14.5. The Kier molecular flexibility index (Phi) is 24.9. The van der Waals surface area contributed by atoms with Crippen LogP contribution in [0.5, 0.6) is 0 Å². The van der Waals surface area contributed by atoms with E-state index in [0.717, 1.165) is 6.42 Å². The Morgan fingerprint density at radius 2 is 0.967 bits per heavy atom. The molecule has 0 fully saturated rings. The van der Waals surface area contributed by atoms with Crippen LogP contribution in [-0.2, 0) is 4.79 Å². The van der Waals surface area contributed by atoms with Crippen molar-refractivity contribution in [2.24, 2.45) is 0 Å². The Hall–Kier alpha value is -0.180. The van der Waals surface area contributed by atoms with Crippen LogP contribution in [0.2, 0.25) is 0 Å². The molecule has 0 saturated heterocycles. The highest BCUT2D eigenvalue weighted by atomic mass is 32.2. The number of thioether (sulfide) groups is 1. The molecule has 1 unspecified atom stereocenters. The molecule has 0 rings (SSSR count). The molecule has 180 valence electrons. The molecule has 0 aromatic carbocycles. The predicted molar refractivity (Wildman–Crippen MR) is 137 cm³/mol. The van der Waals surface area contributed by atoms with Gasteiger partial charge in [-0.1, -0.05) is 136 Å². The van der Waals surface area contributed by atoms with Crippen LogP contribution in [0.15, 0.2) is 0 Å². The molecule has 0 aliphatic heterocycles. The minimum absolute atomic E-state index is 0.313. The van der Waals surface area contributed by atoms with Gasteiger partial charge < -0.3 is 5.11 Å². The van der Waals surface area contributed by atoms with Gasteiger partial charge in [0.1, 0.15) is 0 Å². The molecule has 1 N–H and O–H groups in total. The maximum absolute atomic E-state index is 10.6. The average Bonchev–Trinajstić information content (AvgIpc) is 2.73. The Labute approximate surface area is 193 Å². The van der Waals surface area contributed by atoms with Crippen molar-refractivity contribution < 1.29 is 9.90 Å². The first-order valence-electron chi connectivity index (χ1n) is 13.5. The van der Waals surface area contributed by atoms with E-state index >= 15 is 0 Å². The Bertz CT molecular complexity index is 346. The summed E-state index contributed by atoms with van der Waals surface area (Å²) in [5.41, 5.74) is 0. The highest BCUT2D eigenvalue weighted by molar-refractivity contribution is 7.99. The van der Waals surface area contributed by atoms with Crippen LogP contribution in [-0.4, -0.2) is 22.1 Å². The average molecular weight is 443 g/mol. The number of carboxylic acid groups (broad SMARTS) is 1. The summed E-state index contributed by atoms with van der Waals surface area (Å²) in [5.74, 6) is 0.529. The highest BCUT2D eigenvalue weighted by Gasteiger charge is 2.05. The third-order valence-corrected chi connectivity index (χ3v) is 7.49. The lowest BCUT2D eigenvalue weighted by atomic mass is 10.0. The summed E-state index contributed by atoms with van der Waals surface area (Å²) in [7, 11) is 0. The Balaban J connectivity index is 3.07. The number of hydrogen-bond acceptors (Lipinski definition) is 2. The lowest BCUT2D eigenvalue weighted by molar-refractivity contribution is -0.137. The van der Waals surface area contributed by atoms with Crippen LogP contribution in [0.3, 0.4) is 0 Å². The van der Waals surface area contributed by atoms with Crippen molar-refractivity contribution in [1.29, 1.82) is 0 Å². The van der Waals surface area contributed by atoms with Gasteiger partial charge in [0.15, 0.2) is 0 Å². The van der Waals surface area contributed by atoms with E-state index in [1.807, 2.05) is 11.8 Å². The van der Waals surface area contributed by atoms with Crippen molar-refractivity contribution >= 4 is 17.7 Å². The summed E-state index contributed by atoms with van der Waals surface area (Å²) >= 11 is 1.94.